The fraction of sp³-hybridized carbons (Fsp3) is 0.787. The summed E-state index contributed by atoms with van der Waals surface area (Å²) in [7, 11) is 5.54. The Morgan fingerprint density at radius 3 is 1.20 bits per heavy atom. The molecular formula is C61H110NO7+. The molecule has 0 spiro atoms. The Bertz CT molecular complexity index is 1310. The third-order valence-corrected chi connectivity index (χ3v) is 12.9. The molecular weight excluding hydrogens is 859 g/mol. The standard InChI is InChI=1S/C61H109NO7/c1-6-8-10-12-14-16-18-20-22-24-26-28-30-32-33-35-37-39-41-43-45-47-49-51-59(63)68-56-57(55-67-54-53-58(61(65)66)62(3,4)5)69-60(64)52-50-48-46-44-42-40-38-36-34-31-29-27-25-23-21-19-17-15-13-11-9-7-2/h9,11,15,17,21,23,27,29,34,36,57-58H,6-8,10,12-14,16,18-20,22,24-26,28,30-33,35,37-56H2,1-5H3/p+1/b11-9+,17-15+,23-21+,29-27+,36-34+. The highest BCUT2D eigenvalue weighted by molar-refractivity contribution is 5.72. The molecule has 0 aromatic rings. The first-order valence-corrected chi connectivity index (χ1v) is 28.8. The van der Waals surface area contributed by atoms with Gasteiger partial charge in [-0.15, -0.1) is 0 Å². The van der Waals surface area contributed by atoms with E-state index in [1.54, 1.807) is 0 Å². The SMILES string of the molecule is CC/C=C/C/C=C/C/C=C/C/C=C/C/C=C/CCCCCCCCC(=O)OC(COCCC(C(=O)O)[N+](C)(C)C)COC(=O)CCCCCCCCCCCCCCCCCCCCCCCCC. The van der Waals surface area contributed by atoms with Crippen LogP contribution in [0.15, 0.2) is 60.8 Å². The highest BCUT2D eigenvalue weighted by atomic mass is 16.6. The van der Waals surface area contributed by atoms with Crippen molar-refractivity contribution >= 4 is 17.9 Å². The zero-order valence-electron chi connectivity index (χ0n) is 45.8. The van der Waals surface area contributed by atoms with Crippen molar-refractivity contribution in [2.75, 3.05) is 41.0 Å². The van der Waals surface area contributed by atoms with E-state index in [1.807, 2.05) is 21.1 Å². The molecule has 0 rings (SSSR count). The van der Waals surface area contributed by atoms with E-state index in [0.717, 1.165) is 83.5 Å². The van der Waals surface area contributed by atoms with Gasteiger partial charge in [0.1, 0.15) is 6.61 Å². The van der Waals surface area contributed by atoms with E-state index in [2.05, 4.69) is 74.6 Å². The van der Waals surface area contributed by atoms with Gasteiger partial charge in [0.15, 0.2) is 12.1 Å². The van der Waals surface area contributed by atoms with Crippen LogP contribution in [-0.4, -0.2) is 80.6 Å². The molecule has 0 amide bonds. The van der Waals surface area contributed by atoms with Crippen molar-refractivity contribution in [3.05, 3.63) is 60.8 Å². The summed E-state index contributed by atoms with van der Waals surface area (Å²) in [5, 5.41) is 9.68. The van der Waals surface area contributed by atoms with E-state index >= 15 is 0 Å². The second-order valence-electron chi connectivity index (χ2n) is 20.5. The maximum Gasteiger partial charge on any atom is 0.362 e. The third-order valence-electron chi connectivity index (χ3n) is 12.9. The van der Waals surface area contributed by atoms with Crippen LogP contribution in [0, 0.1) is 0 Å². The molecule has 0 fully saturated rings. The lowest BCUT2D eigenvalue weighted by atomic mass is 10.0. The Labute approximate surface area is 426 Å². The average molecular weight is 970 g/mol. The van der Waals surface area contributed by atoms with Gasteiger partial charge in [0.25, 0.3) is 0 Å². The fourth-order valence-corrected chi connectivity index (χ4v) is 8.53. The Morgan fingerprint density at radius 1 is 0.449 bits per heavy atom. The predicted octanol–water partition coefficient (Wildman–Crippen LogP) is 17.3. The van der Waals surface area contributed by atoms with Gasteiger partial charge < -0.3 is 23.8 Å². The minimum atomic E-state index is -0.876. The molecule has 69 heavy (non-hydrogen) atoms. The first-order valence-electron chi connectivity index (χ1n) is 28.8. The van der Waals surface area contributed by atoms with Crippen LogP contribution in [0.4, 0.5) is 0 Å². The lowest BCUT2D eigenvalue weighted by molar-refractivity contribution is -0.887. The molecule has 2 atom stereocenters. The zero-order valence-corrected chi connectivity index (χ0v) is 45.8. The summed E-state index contributed by atoms with van der Waals surface area (Å²) < 4.78 is 17.4. The summed E-state index contributed by atoms with van der Waals surface area (Å²) >= 11 is 0. The highest BCUT2D eigenvalue weighted by Crippen LogP contribution is 2.17. The monoisotopic (exact) mass is 969 g/mol. The zero-order chi connectivity index (χ0) is 50.6. The van der Waals surface area contributed by atoms with E-state index in [-0.39, 0.29) is 36.2 Å². The van der Waals surface area contributed by atoms with Gasteiger partial charge in [-0.3, -0.25) is 9.59 Å². The van der Waals surface area contributed by atoms with Crippen LogP contribution >= 0.6 is 0 Å². The number of nitrogens with zero attached hydrogens (tertiary/aromatic N) is 1. The Hall–Kier alpha value is -2.97. The van der Waals surface area contributed by atoms with Crippen LogP contribution < -0.4 is 0 Å². The first-order chi connectivity index (χ1) is 33.6. The number of quaternary nitrogens is 1. The number of esters is 2. The molecule has 0 bridgehead atoms. The van der Waals surface area contributed by atoms with E-state index < -0.39 is 18.1 Å². The minimum absolute atomic E-state index is 0.0554. The molecule has 0 aliphatic carbocycles. The molecule has 0 aromatic carbocycles. The van der Waals surface area contributed by atoms with Crippen LogP contribution in [0.5, 0.6) is 0 Å². The normalized spacial score (nSPS) is 13.2. The number of ether oxygens (including phenoxy) is 3. The van der Waals surface area contributed by atoms with Crippen LogP contribution in [0.25, 0.3) is 0 Å². The molecule has 400 valence electrons. The Balaban J connectivity index is 4.18. The first kappa shape index (κ1) is 66.0. The molecule has 8 heteroatoms. The Morgan fingerprint density at radius 2 is 0.812 bits per heavy atom. The second kappa shape index (κ2) is 51.4. The molecule has 1 N–H and O–H groups in total. The smallest absolute Gasteiger partial charge is 0.362 e. The van der Waals surface area contributed by atoms with Crippen LogP contribution in [0.2, 0.25) is 0 Å². The molecule has 0 saturated heterocycles. The third kappa shape index (κ3) is 49.8. The summed E-state index contributed by atoms with van der Waals surface area (Å²) in [6.07, 6.45) is 65.7. The van der Waals surface area contributed by atoms with Crippen LogP contribution in [-0.2, 0) is 28.6 Å². The maximum atomic E-state index is 12.8. The second-order valence-corrected chi connectivity index (χ2v) is 20.5. The molecule has 8 nitrogen and oxygen atoms in total. The molecule has 0 aliphatic heterocycles. The number of hydrogen-bond donors (Lipinski definition) is 1. The fourth-order valence-electron chi connectivity index (χ4n) is 8.53. The van der Waals surface area contributed by atoms with Crippen molar-refractivity contribution in [3.63, 3.8) is 0 Å². The highest BCUT2D eigenvalue weighted by Gasteiger charge is 2.31. The quantitative estimate of drug-likeness (QED) is 0.0280. The van der Waals surface area contributed by atoms with Gasteiger partial charge >= 0.3 is 17.9 Å². The van der Waals surface area contributed by atoms with Gasteiger partial charge in [0.2, 0.25) is 0 Å². The van der Waals surface area contributed by atoms with Crippen LogP contribution in [0.1, 0.15) is 258 Å². The number of likely N-dealkylation sites (N-methyl/N-ethyl adjacent to an activating group) is 1. The van der Waals surface area contributed by atoms with Crippen LogP contribution in [0.3, 0.4) is 0 Å². The number of carbonyl (C=O) groups is 3. The van der Waals surface area contributed by atoms with Crippen molar-refractivity contribution in [2.45, 2.75) is 270 Å². The van der Waals surface area contributed by atoms with Crippen molar-refractivity contribution in [1.29, 1.82) is 0 Å². The summed E-state index contributed by atoms with van der Waals surface area (Å²) in [5.74, 6) is -1.47. The average Bonchev–Trinajstić information content (AvgIpc) is 3.31. The topological polar surface area (TPSA) is 99.1 Å². The van der Waals surface area contributed by atoms with Crippen molar-refractivity contribution in [2.24, 2.45) is 0 Å². The summed E-state index contributed by atoms with van der Waals surface area (Å²) in [6.45, 7) is 4.65. The molecule has 2 unspecified atom stereocenters. The van der Waals surface area contributed by atoms with Gasteiger partial charge in [0, 0.05) is 19.3 Å². The number of rotatable bonds is 52. The number of carbonyl (C=O) groups excluding carboxylic acids is 2. The van der Waals surface area contributed by atoms with Crippen molar-refractivity contribution < 1.29 is 38.2 Å². The van der Waals surface area contributed by atoms with E-state index in [0.29, 0.717) is 19.3 Å². The summed E-state index contributed by atoms with van der Waals surface area (Å²) in [6, 6.07) is -0.620. The van der Waals surface area contributed by atoms with Gasteiger partial charge in [0.05, 0.1) is 34.4 Å². The van der Waals surface area contributed by atoms with Gasteiger partial charge in [-0.2, -0.15) is 0 Å². The molecule has 0 radical (unpaired) electrons. The van der Waals surface area contributed by atoms with Crippen molar-refractivity contribution in [3.8, 4) is 0 Å². The van der Waals surface area contributed by atoms with Gasteiger partial charge in [-0.1, -0.05) is 242 Å². The lowest BCUT2D eigenvalue weighted by Crippen LogP contribution is -2.50. The van der Waals surface area contributed by atoms with E-state index in [9.17, 15) is 19.5 Å². The molecule has 0 heterocycles. The predicted molar refractivity (Wildman–Crippen MR) is 294 cm³/mol. The number of aliphatic carboxylic acids is 1. The number of allylic oxidation sites excluding steroid dienone is 10. The lowest BCUT2D eigenvalue weighted by Gasteiger charge is -2.31. The van der Waals surface area contributed by atoms with Gasteiger partial charge in [-0.25, -0.2) is 4.79 Å². The summed E-state index contributed by atoms with van der Waals surface area (Å²) in [5.41, 5.74) is 0. The number of unbranched alkanes of at least 4 members (excludes halogenated alkanes) is 28. The van der Waals surface area contributed by atoms with E-state index in [1.165, 1.54) is 141 Å². The maximum absolute atomic E-state index is 12.8. The number of carboxylic acids is 1. The number of carboxylic acid groups (broad SMARTS) is 1. The van der Waals surface area contributed by atoms with Gasteiger partial charge in [-0.05, 0) is 57.8 Å². The van der Waals surface area contributed by atoms with Crippen molar-refractivity contribution in [1.82, 2.24) is 0 Å². The molecule has 0 aliphatic rings. The van der Waals surface area contributed by atoms with E-state index in [4.69, 9.17) is 14.2 Å². The Kier molecular flexibility index (Phi) is 49.2. The largest absolute Gasteiger partial charge is 0.477 e. The molecule has 0 saturated carbocycles. The minimum Gasteiger partial charge on any atom is -0.477 e. The summed E-state index contributed by atoms with van der Waals surface area (Å²) in [4.78, 5) is 37.3. The molecule has 0 aromatic heterocycles. The number of hydrogen-bond acceptors (Lipinski definition) is 6.